The number of amides is 1. The zero-order valence-electron chi connectivity index (χ0n) is 13.9. The topological polar surface area (TPSA) is 64.6 Å². The predicted molar refractivity (Wildman–Crippen MR) is 92.6 cm³/mol. The van der Waals surface area contributed by atoms with Crippen LogP contribution in [0.4, 0.5) is 10.1 Å². The van der Waals surface area contributed by atoms with Crippen LogP contribution in [0.25, 0.3) is 0 Å². The van der Waals surface area contributed by atoms with Crippen molar-refractivity contribution < 1.29 is 23.5 Å². The van der Waals surface area contributed by atoms with Gasteiger partial charge in [0.05, 0.1) is 18.4 Å². The normalized spacial score (nSPS) is 11.6. The van der Waals surface area contributed by atoms with E-state index in [1.54, 1.807) is 12.1 Å². The Morgan fingerprint density at radius 3 is 2.60 bits per heavy atom. The van der Waals surface area contributed by atoms with Gasteiger partial charge in [0.2, 0.25) is 0 Å². The molecule has 0 aliphatic carbocycles. The van der Waals surface area contributed by atoms with Crippen LogP contribution < -0.4 is 10.1 Å². The monoisotopic (exact) mass is 365 g/mol. The van der Waals surface area contributed by atoms with Crippen molar-refractivity contribution in [1.29, 1.82) is 0 Å². The van der Waals surface area contributed by atoms with Crippen LogP contribution in [0, 0.1) is 12.7 Å². The second kappa shape index (κ2) is 7.98. The number of carbonyl (C=O) groups is 2. The summed E-state index contributed by atoms with van der Waals surface area (Å²) < 4.78 is 23.9. The Hall–Kier alpha value is -2.60. The molecular weight excluding hydrogens is 349 g/mol. The van der Waals surface area contributed by atoms with Crippen LogP contribution in [0.3, 0.4) is 0 Å². The average molecular weight is 366 g/mol. The van der Waals surface area contributed by atoms with Crippen molar-refractivity contribution in [3.63, 3.8) is 0 Å². The minimum Gasteiger partial charge on any atom is -0.495 e. The molecule has 0 radical (unpaired) electrons. The zero-order chi connectivity index (χ0) is 18.6. The number of ether oxygens (including phenoxy) is 2. The lowest BCUT2D eigenvalue weighted by Crippen LogP contribution is -2.30. The fourth-order valence-corrected chi connectivity index (χ4v) is 2.26. The SMILES string of the molecule is COc1ccc(C)cc1NC(=O)[C@H](C)OC(=O)c1cc(Cl)ccc1F. The third-order valence-corrected chi connectivity index (χ3v) is 3.65. The van der Waals surface area contributed by atoms with E-state index in [0.29, 0.717) is 11.4 Å². The van der Waals surface area contributed by atoms with E-state index in [4.69, 9.17) is 21.1 Å². The van der Waals surface area contributed by atoms with Gasteiger partial charge in [0.15, 0.2) is 6.10 Å². The van der Waals surface area contributed by atoms with Crippen molar-refractivity contribution >= 4 is 29.2 Å². The smallest absolute Gasteiger partial charge is 0.341 e. The van der Waals surface area contributed by atoms with Gasteiger partial charge in [-0.2, -0.15) is 0 Å². The summed E-state index contributed by atoms with van der Waals surface area (Å²) in [4.78, 5) is 24.3. The maximum absolute atomic E-state index is 13.7. The quantitative estimate of drug-likeness (QED) is 0.814. The standard InChI is InChI=1S/C18H17ClFNO4/c1-10-4-7-16(24-3)15(8-10)21-17(22)11(2)25-18(23)13-9-12(19)5-6-14(13)20/h4-9,11H,1-3H3,(H,21,22)/t11-/m0/s1. The molecule has 2 aromatic rings. The van der Waals surface area contributed by atoms with Gasteiger partial charge in [-0.3, -0.25) is 4.79 Å². The van der Waals surface area contributed by atoms with Crippen molar-refractivity contribution in [2.45, 2.75) is 20.0 Å². The number of halogens is 2. The molecule has 0 aliphatic rings. The Balaban J connectivity index is 2.09. The van der Waals surface area contributed by atoms with Gasteiger partial charge in [0, 0.05) is 5.02 Å². The van der Waals surface area contributed by atoms with Gasteiger partial charge >= 0.3 is 5.97 Å². The molecule has 0 saturated heterocycles. The van der Waals surface area contributed by atoms with Crippen LogP contribution in [0.2, 0.25) is 5.02 Å². The van der Waals surface area contributed by atoms with Crippen LogP contribution >= 0.6 is 11.6 Å². The first-order chi connectivity index (χ1) is 11.8. The van der Waals surface area contributed by atoms with Gasteiger partial charge in [-0.15, -0.1) is 0 Å². The Morgan fingerprint density at radius 1 is 1.20 bits per heavy atom. The average Bonchev–Trinajstić information content (AvgIpc) is 2.57. The molecule has 1 amide bonds. The van der Waals surface area contributed by atoms with Crippen LogP contribution in [-0.4, -0.2) is 25.1 Å². The van der Waals surface area contributed by atoms with Gasteiger partial charge in [-0.25, -0.2) is 9.18 Å². The highest BCUT2D eigenvalue weighted by Crippen LogP contribution is 2.25. The molecule has 2 rings (SSSR count). The van der Waals surface area contributed by atoms with Crippen LogP contribution in [0.5, 0.6) is 5.75 Å². The van der Waals surface area contributed by atoms with E-state index in [1.807, 2.05) is 13.0 Å². The Bertz CT molecular complexity index is 810. The van der Waals surface area contributed by atoms with E-state index >= 15 is 0 Å². The maximum Gasteiger partial charge on any atom is 0.341 e. The zero-order valence-corrected chi connectivity index (χ0v) is 14.7. The number of hydrogen-bond acceptors (Lipinski definition) is 4. The van der Waals surface area contributed by atoms with Crippen molar-refractivity contribution in [2.24, 2.45) is 0 Å². The van der Waals surface area contributed by atoms with Gasteiger partial charge < -0.3 is 14.8 Å². The molecule has 2 aromatic carbocycles. The number of hydrogen-bond donors (Lipinski definition) is 1. The Labute approximate surface area is 149 Å². The molecule has 0 aromatic heterocycles. The summed E-state index contributed by atoms with van der Waals surface area (Å²) in [5.41, 5.74) is 1.03. The fraction of sp³-hybridized carbons (Fsp3) is 0.222. The highest BCUT2D eigenvalue weighted by Gasteiger charge is 2.22. The van der Waals surface area contributed by atoms with Crippen LogP contribution in [-0.2, 0) is 9.53 Å². The highest BCUT2D eigenvalue weighted by molar-refractivity contribution is 6.30. The fourth-order valence-electron chi connectivity index (χ4n) is 2.09. The maximum atomic E-state index is 13.7. The molecule has 1 atom stereocenters. The van der Waals surface area contributed by atoms with E-state index in [9.17, 15) is 14.0 Å². The minimum absolute atomic E-state index is 0.190. The molecule has 0 aliphatic heterocycles. The molecule has 0 bridgehead atoms. The summed E-state index contributed by atoms with van der Waals surface area (Å²) in [6.07, 6.45) is -1.14. The number of rotatable bonds is 5. The van der Waals surface area contributed by atoms with Gasteiger partial charge in [-0.1, -0.05) is 17.7 Å². The summed E-state index contributed by atoms with van der Waals surface area (Å²) in [6.45, 7) is 3.25. The molecule has 25 heavy (non-hydrogen) atoms. The first-order valence-corrected chi connectivity index (χ1v) is 7.81. The van der Waals surface area contributed by atoms with E-state index in [1.165, 1.54) is 20.1 Å². The van der Waals surface area contributed by atoms with Crippen molar-refractivity contribution in [3.8, 4) is 5.75 Å². The second-order valence-corrected chi connectivity index (χ2v) is 5.80. The lowest BCUT2D eigenvalue weighted by molar-refractivity contribution is -0.123. The molecule has 7 heteroatoms. The molecule has 0 heterocycles. The molecule has 0 saturated carbocycles. The van der Waals surface area contributed by atoms with Crippen LogP contribution in [0.15, 0.2) is 36.4 Å². The molecule has 0 fully saturated rings. The number of carbonyl (C=O) groups excluding carboxylic acids is 2. The lowest BCUT2D eigenvalue weighted by Gasteiger charge is -2.16. The largest absolute Gasteiger partial charge is 0.495 e. The first-order valence-electron chi connectivity index (χ1n) is 7.43. The second-order valence-electron chi connectivity index (χ2n) is 5.36. The van der Waals surface area contributed by atoms with E-state index < -0.39 is 23.8 Å². The summed E-state index contributed by atoms with van der Waals surface area (Å²) in [6, 6.07) is 8.78. The highest BCUT2D eigenvalue weighted by atomic mass is 35.5. The molecule has 0 unspecified atom stereocenters. The van der Waals surface area contributed by atoms with Crippen LogP contribution in [0.1, 0.15) is 22.8 Å². The first kappa shape index (κ1) is 18.7. The summed E-state index contributed by atoms with van der Waals surface area (Å²) >= 11 is 5.75. The van der Waals surface area contributed by atoms with E-state index in [0.717, 1.165) is 17.7 Å². The van der Waals surface area contributed by atoms with E-state index in [2.05, 4.69) is 5.32 Å². The van der Waals surface area contributed by atoms with Gasteiger partial charge in [-0.05, 0) is 49.7 Å². The van der Waals surface area contributed by atoms with Gasteiger partial charge in [0.25, 0.3) is 5.91 Å². The van der Waals surface area contributed by atoms with Crippen molar-refractivity contribution in [3.05, 3.63) is 58.4 Å². The Morgan fingerprint density at radius 2 is 1.92 bits per heavy atom. The van der Waals surface area contributed by atoms with Crippen molar-refractivity contribution in [2.75, 3.05) is 12.4 Å². The number of benzene rings is 2. The molecule has 1 N–H and O–H groups in total. The minimum atomic E-state index is -1.14. The van der Waals surface area contributed by atoms with Gasteiger partial charge in [0.1, 0.15) is 11.6 Å². The molecule has 0 spiro atoms. The predicted octanol–water partition coefficient (Wildman–Crippen LogP) is 3.98. The third kappa shape index (κ3) is 4.70. The molecule has 132 valence electrons. The van der Waals surface area contributed by atoms with E-state index in [-0.39, 0.29) is 10.6 Å². The summed E-state index contributed by atoms with van der Waals surface area (Å²) in [5.74, 6) is -1.85. The summed E-state index contributed by atoms with van der Waals surface area (Å²) in [7, 11) is 1.48. The number of aryl methyl sites for hydroxylation is 1. The third-order valence-electron chi connectivity index (χ3n) is 3.41. The lowest BCUT2D eigenvalue weighted by atomic mass is 10.2. The number of anilines is 1. The number of nitrogens with one attached hydrogen (secondary N) is 1. The van der Waals surface area contributed by atoms with Crippen molar-refractivity contribution in [1.82, 2.24) is 0 Å². The molecule has 5 nitrogen and oxygen atoms in total. The Kier molecular flexibility index (Phi) is 5.98. The summed E-state index contributed by atoms with van der Waals surface area (Å²) in [5, 5.41) is 2.81. The number of esters is 1. The number of methoxy groups -OCH3 is 1. The molecular formula is C18H17ClFNO4.